The van der Waals surface area contributed by atoms with E-state index < -0.39 is 20.8 Å². The van der Waals surface area contributed by atoms with Gasteiger partial charge in [0.1, 0.15) is 0 Å². The number of rotatable bonds is 10. The maximum absolute atomic E-state index is 6.58. The van der Waals surface area contributed by atoms with Crippen LogP contribution in [0.5, 0.6) is 0 Å². The Kier molecular flexibility index (Phi) is 8.03. The quantitative estimate of drug-likeness (QED) is 0.311. The van der Waals surface area contributed by atoms with Crippen molar-refractivity contribution in [2.24, 2.45) is 0 Å². The van der Waals surface area contributed by atoms with E-state index in [4.69, 9.17) is 5.71 Å². The fourth-order valence-electron chi connectivity index (χ4n) is 4.16. The van der Waals surface area contributed by atoms with E-state index in [2.05, 4.69) is 102 Å². The first-order valence-electron chi connectivity index (χ1n) is 10.1. The Hall–Kier alpha value is -0.770. The SMILES string of the molecule is CC[O][Hf]([CH2]C(C)(C)c1ccccc1)([CH2]C(C)(C)c1ccccc1)[O]CC. The Labute approximate surface area is 171 Å². The molecular weight excluding hydrogens is 499 g/mol. The van der Waals surface area contributed by atoms with Crippen LogP contribution in [0.2, 0.25) is 8.35 Å². The van der Waals surface area contributed by atoms with E-state index in [0.29, 0.717) is 0 Å². The molecule has 27 heavy (non-hydrogen) atoms. The Morgan fingerprint density at radius 2 is 0.963 bits per heavy atom. The molecule has 0 aliphatic rings. The van der Waals surface area contributed by atoms with E-state index in [0.717, 1.165) is 21.6 Å². The molecule has 2 aromatic carbocycles. The first kappa shape index (κ1) is 22.5. The van der Waals surface area contributed by atoms with Crippen LogP contribution in [0.15, 0.2) is 60.7 Å². The molecule has 0 saturated heterocycles. The summed E-state index contributed by atoms with van der Waals surface area (Å²) in [5.41, 5.74) is 2.82. The minimum atomic E-state index is -3.52. The molecule has 148 valence electrons. The van der Waals surface area contributed by atoms with Crippen molar-refractivity contribution in [2.45, 2.75) is 60.7 Å². The third-order valence-electron chi connectivity index (χ3n) is 5.35. The second-order valence-electron chi connectivity index (χ2n) is 8.63. The van der Waals surface area contributed by atoms with Gasteiger partial charge in [-0.25, -0.2) is 0 Å². The predicted molar refractivity (Wildman–Crippen MR) is 112 cm³/mol. The second-order valence-corrected chi connectivity index (χ2v) is 19.8. The van der Waals surface area contributed by atoms with Gasteiger partial charge in [0.25, 0.3) is 0 Å². The summed E-state index contributed by atoms with van der Waals surface area (Å²) in [4.78, 5) is 0. The number of benzene rings is 2. The fraction of sp³-hybridized carbons (Fsp3) is 0.500. The Balaban J connectivity index is 2.37. The predicted octanol–water partition coefficient (Wildman–Crippen LogP) is 6.84. The molecule has 0 N–H and O–H groups in total. The van der Waals surface area contributed by atoms with Gasteiger partial charge in [-0.3, -0.25) is 0 Å². The van der Waals surface area contributed by atoms with Crippen molar-refractivity contribution < 1.29 is 26.6 Å². The van der Waals surface area contributed by atoms with Crippen LogP contribution in [0.3, 0.4) is 0 Å². The van der Waals surface area contributed by atoms with Gasteiger partial charge in [-0.1, -0.05) is 0 Å². The molecule has 2 rings (SSSR count). The van der Waals surface area contributed by atoms with Crippen LogP contribution in [0.4, 0.5) is 0 Å². The summed E-state index contributed by atoms with van der Waals surface area (Å²) in [5, 5.41) is 0. The third-order valence-corrected chi connectivity index (χ3v) is 21.4. The van der Waals surface area contributed by atoms with Crippen molar-refractivity contribution in [1.29, 1.82) is 0 Å². The zero-order valence-corrected chi connectivity index (χ0v) is 21.5. The molecule has 0 amide bonds. The summed E-state index contributed by atoms with van der Waals surface area (Å²) in [5.74, 6) is 0. The molecule has 0 aliphatic carbocycles. The van der Waals surface area contributed by atoms with Gasteiger partial charge in [-0.15, -0.1) is 0 Å². The van der Waals surface area contributed by atoms with Gasteiger partial charge in [0.15, 0.2) is 0 Å². The van der Waals surface area contributed by atoms with Gasteiger partial charge in [0.2, 0.25) is 0 Å². The summed E-state index contributed by atoms with van der Waals surface area (Å²) in [6, 6.07) is 21.6. The molecule has 0 atom stereocenters. The van der Waals surface area contributed by atoms with Crippen molar-refractivity contribution in [1.82, 2.24) is 0 Å². The molecule has 2 nitrogen and oxygen atoms in total. The van der Waals surface area contributed by atoms with Crippen LogP contribution in [-0.2, 0) is 37.4 Å². The molecule has 0 spiro atoms. The first-order chi connectivity index (χ1) is 12.7. The zero-order valence-electron chi connectivity index (χ0n) is 17.9. The first-order valence-corrected chi connectivity index (χ1v) is 18.1. The van der Waals surface area contributed by atoms with E-state index in [-0.39, 0.29) is 10.8 Å². The molecule has 0 heterocycles. The van der Waals surface area contributed by atoms with Crippen LogP contribution in [0, 0.1) is 0 Å². The zero-order chi connectivity index (χ0) is 20.0. The van der Waals surface area contributed by atoms with Crippen LogP contribution < -0.4 is 0 Å². The molecule has 0 unspecified atom stereocenters. The van der Waals surface area contributed by atoms with E-state index in [1.807, 2.05) is 0 Å². The van der Waals surface area contributed by atoms with Crippen molar-refractivity contribution in [2.75, 3.05) is 13.2 Å². The van der Waals surface area contributed by atoms with Gasteiger partial charge in [-0.05, 0) is 0 Å². The van der Waals surface area contributed by atoms with Crippen LogP contribution in [0.25, 0.3) is 0 Å². The van der Waals surface area contributed by atoms with Crippen LogP contribution >= 0.6 is 0 Å². The normalized spacial score (nSPS) is 13.0. The van der Waals surface area contributed by atoms with E-state index in [9.17, 15) is 0 Å². The van der Waals surface area contributed by atoms with Crippen molar-refractivity contribution in [3.63, 3.8) is 0 Å². The summed E-state index contributed by atoms with van der Waals surface area (Å²) < 4.78 is 15.2. The second kappa shape index (κ2) is 9.62. The molecule has 0 aliphatic heterocycles. The summed E-state index contributed by atoms with van der Waals surface area (Å²) >= 11 is -3.52. The average molecular weight is 535 g/mol. The topological polar surface area (TPSA) is 18.5 Å². The van der Waals surface area contributed by atoms with Crippen molar-refractivity contribution >= 4 is 0 Å². The minimum absolute atomic E-state index is 0.0416. The Morgan fingerprint density at radius 3 is 1.26 bits per heavy atom. The summed E-state index contributed by atoms with van der Waals surface area (Å²) in [6.07, 6.45) is 0. The standard InChI is InChI=1S/2C10H13.2C2H5O.Hf/c2*1-10(2,3)9-7-5-4-6-8-9;2*1-2-3;/h2*4-8H,1H2,2-3H3;2*2H2,1H3;/q;;2*-1;+2. The van der Waals surface area contributed by atoms with Crippen LogP contribution in [-0.4, -0.2) is 13.2 Å². The molecule has 0 aromatic heterocycles. The molecule has 0 fully saturated rings. The number of hydrogen-bond acceptors (Lipinski definition) is 2. The van der Waals surface area contributed by atoms with E-state index in [1.165, 1.54) is 11.1 Å². The fourth-order valence-corrected chi connectivity index (χ4v) is 21.3. The average Bonchev–Trinajstić information content (AvgIpc) is 2.63. The van der Waals surface area contributed by atoms with Crippen molar-refractivity contribution in [3.8, 4) is 0 Å². The Morgan fingerprint density at radius 1 is 0.630 bits per heavy atom. The van der Waals surface area contributed by atoms with E-state index in [1.54, 1.807) is 0 Å². The van der Waals surface area contributed by atoms with Gasteiger partial charge >= 0.3 is 172 Å². The molecule has 3 heteroatoms. The monoisotopic (exact) mass is 536 g/mol. The maximum atomic E-state index is 6.58. The molecular formula is C24H36HfO2. The molecule has 0 saturated carbocycles. The van der Waals surface area contributed by atoms with Gasteiger partial charge in [0.05, 0.1) is 0 Å². The van der Waals surface area contributed by atoms with Gasteiger partial charge < -0.3 is 0 Å². The Bertz CT molecular complexity index is 619. The van der Waals surface area contributed by atoms with Gasteiger partial charge in [0, 0.05) is 0 Å². The third kappa shape index (κ3) is 6.10. The molecule has 0 bridgehead atoms. The summed E-state index contributed by atoms with van der Waals surface area (Å²) in [7, 11) is 0. The van der Waals surface area contributed by atoms with Crippen molar-refractivity contribution in [3.05, 3.63) is 71.8 Å². The van der Waals surface area contributed by atoms with Gasteiger partial charge in [-0.2, -0.15) is 0 Å². The summed E-state index contributed by atoms with van der Waals surface area (Å²) in [6.45, 7) is 15.0. The molecule has 0 radical (unpaired) electrons. The van der Waals surface area contributed by atoms with Crippen LogP contribution in [0.1, 0.15) is 52.7 Å². The number of hydrogen-bond donors (Lipinski definition) is 0. The molecule has 2 aromatic rings. The van der Waals surface area contributed by atoms with E-state index >= 15 is 0 Å².